The number of hydrogen-bond donors (Lipinski definition) is 1. The Balaban J connectivity index is 1.46. The molecule has 1 aromatic carbocycles. The highest BCUT2D eigenvalue weighted by Crippen LogP contribution is 2.28. The number of pyridine rings is 1. The summed E-state index contributed by atoms with van der Waals surface area (Å²) >= 11 is 0. The second-order valence-electron chi connectivity index (χ2n) is 8.77. The van der Waals surface area contributed by atoms with E-state index >= 15 is 0 Å². The second kappa shape index (κ2) is 9.01. The van der Waals surface area contributed by atoms with Crippen LogP contribution in [-0.2, 0) is 4.79 Å². The topological polar surface area (TPSA) is 58.1 Å². The third-order valence-electron chi connectivity index (χ3n) is 6.53. The lowest BCUT2D eigenvalue weighted by molar-refractivity contribution is -0.113. The minimum Gasteiger partial charge on any atom is -0.339 e. The largest absolute Gasteiger partial charge is 0.339 e. The van der Waals surface area contributed by atoms with Gasteiger partial charge in [0, 0.05) is 23.7 Å². The molecule has 4 nitrogen and oxygen atoms in total. The van der Waals surface area contributed by atoms with Gasteiger partial charge in [-0.25, -0.2) is 4.98 Å². The molecule has 0 spiro atoms. The van der Waals surface area contributed by atoms with E-state index in [4.69, 9.17) is 4.99 Å². The fourth-order valence-corrected chi connectivity index (χ4v) is 4.26. The smallest absolute Gasteiger partial charge is 0.181 e. The SMILES string of the molecule is CCC1CC(C)=C(C)C(C(=O)CCC(C)c2cnc3[nH]c(-c4ccccc4)cc3c2)=N1. The van der Waals surface area contributed by atoms with E-state index in [2.05, 4.69) is 55.0 Å². The van der Waals surface area contributed by atoms with Crippen molar-refractivity contribution < 1.29 is 4.79 Å². The lowest BCUT2D eigenvalue weighted by Gasteiger charge is -2.22. The molecule has 0 aliphatic carbocycles. The lowest BCUT2D eigenvalue weighted by atomic mass is 9.89. The summed E-state index contributed by atoms with van der Waals surface area (Å²) in [6.07, 6.45) is 5.20. The average molecular weight is 414 g/mol. The zero-order valence-corrected chi connectivity index (χ0v) is 18.9. The molecule has 0 fully saturated rings. The Bertz CT molecular complexity index is 1150. The van der Waals surface area contributed by atoms with Crippen molar-refractivity contribution in [2.45, 2.75) is 65.3 Å². The van der Waals surface area contributed by atoms with Crippen LogP contribution in [-0.4, -0.2) is 27.5 Å². The Kier molecular flexibility index (Phi) is 6.17. The second-order valence-corrected chi connectivity index (χ2v) is 8.77. The number of nitrogens with one attached hydrogen (secondary N) is 1. The highest BCUT2D eigenvalue weighted by atomic mass is 16.1. The van der Waals surface area contributed by atoms with Crippen LogP contribution in [0.25, 0.3) is 22.3 Å². The van der Waals surface area contributed by atoms with Crippen LogP contribution in [0.3, 0.4) is 0 Å². The number of aromatic amines is 1. The quantitative estimate of drug-likeness (QED) is 0.472. The molecule has 2 unspecified atom stereocenters. The third kappa shape index (κ3) is 4.53. The zero-order chi connectivity index (χ0) is 22.0. The van der Waals surface area contributed by atoms with E-state index in [1.54, 1.807) is 0 Å². The number of H-pyrrole nitrogens is 1. The molecule has 0 radical (unpaired) electrons. The van der Waals surface area contributed by atoms with Crippen molar-refractivity contribution in [3.05, 3.63) is 65.4 Å². The van der Waals surface area contributed by atoms with Crippen molar-refractivity contribution >= 4 is 22.5 Å². The van der Waals surface area contributed by atoms with E-state index in [0.717, 1.165) is 47.1 Å². The number of rotatable bonds is 7. The highest BCUT2D eigenvalue weighted by Gasteiger charge is 2.23. The molecule has 2 aromatic heterocycles. The summed E-state index contributed by atoms with van der Waals surface area (Å²) in [6.45, 7) is 8.48. The van der Waals surface area contributed by atoms with Crippen LogP contribution in [0.2, 0.25) is 0 Å². The fraction of sp³-hybridized carbons (Fsp3) is 0.370. The van der Waals surface area contributed by atoms with Gasteiger partial charge >= 0.3 is 0 Å². The summed E-state index contributed by atoms with van der Waals surface area (Å²) < 4.78 is 0. The number of allylic oxidation sites excluding steroid dienone is 1. The monoisotopic (exact) mass is 413 g/mol. The van der Waals surface area contributed by atoms with Crippen molar-refractivity contribution in [2.24, 2.45) is 4.99 Å². The number of aromatic nitrogens is 2. The lowest BCUT2D eigenvalue weighted by Crippen LogP contribution is -2.24. The van der Waals surface area contributed by atoms with Crippen LogP contribution < -0.4 is 0 Å². The van der Waals surface area contributed by atoms with Crippen molar-refractivity contribution in [2.75, 3.05) is 0 Å². The summed E-state index contributed by atoms with van der Waals surface area (Å²) in [5.74, 6) is 0.427. The maximum atomic E-state index is 12.9. The number of fused-ring (bicyclic) bond motifs is 1. The Morgan fingerprint density at radius 3 is 2.71 bits per heavy atom. The average Bonchev–Trinajstić information content (AvgIpc) is 3.23. The number of benzene rings is 1. The molecule has 0 saturated carbocycles. The van der Waals surface area contributed by atoms with Crippen LogP contribution in [0.15, 0.2) is 64.8 Å². The van der Waals surface area contributed by atoms with Gasteiger partial charge in [-0.3, -0.25) is 9.79 Å². The van der Waals surface area contributed by atoms with Crippen LogP contribution in [0, 0.1) is 0 Å². The van der Waals surface area contributed by atoms with Gasteiger partial charge < -0.3 is 4.98 Å². The van der Waals surface area contributed by atoms with Gasteiger partial charge in [0.2, 0.25) is 0 Å². The molecular formula is C27H31N3O. The van der Waals surface area contributed by atoms with Gasteiger partial charge in [0.15, 0.2) is 5.78 Å². The Morgan fingerprint density at radius 1 is 1.19 bits per heavy atom. The minimum absolute atomic E-state index is 0.170. The van der Waals surface area contributed by atoms with Gasteiger partial charge in [0.1, 0.15) is 11.4 Å². The Hall–Kier alpha value is -3.01. The zero-order valence-electron chi connectivity index (χ0n) is 18.9. The normalized spacial score (nSPS) is 17.7. The van der Waals surface area contributed by atoms with Crippen molar-refractivity contribution in [1.29, 1.82) is 0 Å². The third-order valence-corrected chi connectivity index (χ3v) is 6.53. The molecule has 2 atom stereocenters. The highest BCUT2D eigenvalue weighted by molar-refractivity contribution is 6.46. The molecule has 1 aliphatic rings. The van der Waals surface area contributed by atoms with Crippen LogP contribution in [0.4, 0.5) is 0 Å². The van der Waals surface area contributed by atoms with Crippen molar-refractivity contribution in [1.82, 2.24) is 9.97 Å². The molecule has 160 valence electrons. The number of Topliss-reactive ketones (excluding diaryl/α,β-unsaturated/α-hetero) is 1. The van der Waals surface area contributed by atoms with Crippen LogP contribution in [0.5, 0.6) is 0 Å². The van der Waals surface area contributed by atoms with Gasteiger partial charge in [-0.1, -0.05) is 49.8 Å². The Morgan fingerprint density at radius 2 is 1.97 bits per heavy atom. The number of carbonyl (C=O) groups is 1. The molecule has 31 heavy (non-hydrogen) atoms. The molecule has 4 heteroatoms. The van der Waals surface area contributed by atoms with Gasteiger partial charge in [-0.15, -0.1) is 0 Å². The van der Waals surface area contributed by atoms with Crippen molar-refractivity contribution in [3.8, 4) is 11.3 Å². The number of hydrogen-bond acceptors (Lipinski definition) is 3. The first-order valence-electron chi connectivity index (χ1n) is 11.3. The Labute approximate surface area is 184 Å². The van der Waals surface area contributed by atoms with Crippen LogP contribution in [0.1, 0.15) is 64.9 Å². The summed E-state index contributed by atoms with van der Waals surface area (Å²) in [4.78, 5) is 25.7. The first kappa shape index (κ1) is 21.2. The van der Waals surface area contributed by atoms with E-state index in [1.807, 2.05) is 31.3 Å². The van der Waals surface area contributed by atoms with Crippen molar-refractivity contribution in [3.63, 3.8) is 0 Å². The minimum atomic E-state index is 0.170. The van der Waals surface area contributed by atoms with Crippen LogP contribution >= 0.6 is 0 Å². The first-order valence-corrected chi connectivity index (χ1v) is 11.3. The molecule has 4 rings (SSSR count). The number of aliphatic imine (C=N–C) groups is 1. The van der Waals surface area contributed by atoms with E-state index < -0.39 is 0 Å². The molecule has 0 saturated heterocycles. The predicted octanol–water partition coefficient (Wildman–Crippen LogP) is 6.64. The van der Waals surface area contributed by atoms with Gasteiger partial charge in [-0.05, 0) is 67.9 Å². The van der Waals surface area contributed by atoms with Gasteiger partial charge in [-0.2, -0.15) is 0 Å². The number of nitrogens with zero attached hydrogens (tertiary/aromatic N) is 2. The van der Waals surface area contributed by atoms with Gasteiger partial charge in [0.05, 0.1) is 6.04 Å². The molecular weight excluding hydrogens is 382 g/mol. The first-order chi connectivity index (χ1) is 15.0. The maximum Gasteiger partial charge on any atom is 0.181 e. The van der Waals surface area contributed by atoms with Gasteiger partial charge in [0.25, 0.3) is 0 Å². The summed E-state index contributed by atoms with van der Waals surface area (Å²) in [5, 5.41) is 1.10. The molecule has 0 amide bonds. The standard InChI is InChI=1S/C27H31N3O/c1-5-23-13-18(3)19(4)26(29-23)25(31)12-11-17(2)22-14-21-15-24(30-27(21)28-16-22)20-9-7-6-8-10-20/h6-10,14-17,23H,5,11-13H2,1-4H3,(H,28,30). The predicted molar refractivity (Wildman–Crippen MR) is 129 cm³/mol. The number of dihydropyridines is 1. The van der Waals surface area contributed by atoms with E-state index in [9.17, 15) is 4.79 Å². The molecule has 1 N–H and O–H groups in total. The van der Waals surface area contributed by atoms with E-state index in [1.165, 1.54) is 11.1 Å². The fourth-order valence-electron chi connectivity index (χ4n) is 4.26. The molecule has 0 bridgehead atoms. The maximum absolute atomic E-state index is 12.9. The summed E-state index contributed by atoms with van der Waals surface area (Å²) in [5.41, 5.74) is 7.36. The number of carbonyl (C=O) groups excluding carboxylic acids is 1. The molecule has 1 aliphatic heterocycles. The van der Waals surface area contributed by atoms with E-state index in [0.29, 0.717) is 12.1 Å². The van der Waals surface area contributed by atoms with E-state index in [-0.39, 0.29) is 17.7 Å². The number of ketones is 1. The molecule has 3 aromatic rings. The summed E-state index contributed by atoms with van der Waals surface area (Å²) in [7, 11) is 0. The molecule has 3 heterocycles. The summed E-state index contributed by atoms with van der Waals surface area (Å²) in [6, 6.07) is 14.9.